The van der Waals surface area contributed by atoms with Crippen molar-refractivity contribution in [2.24, 2.45) is 0 Å². The molecule has 1 atom stereocenters. The van der Waals surface area contributed by atoms with Crippen LogP contribution in [-0.2, 0) is 13.0 Å². The molecule has 3 aromatic rings. The Morgan fingerprint density at radius 3 is 2.96 bits per heavy atom. The maximum absolute atomic E-state index is 5.45. The first-order chi connectivity index (χ1) is 12.9. The topological polar surface area (TPSA) is 80.8 Å². The van der Waals surface area contributed by atoms with E-state index in [1.165, 1.54) is 19.3 Å². The minimum absolute atomic E-state index is 0.496. The number of pyridine rings is 1. The number of aryl methyl sites for hydroxylation is 1. The van der Waals surface area contributed by atoms with E-state index in [9.17, 15) is 0 Å². The number of rotatable bonds is 6. The normalized spacial score (nSPS) is 18.1. The summed E-state index contributed by atoms with van der Waals surface area (Å²) in [7, 11) is 0. The van der Waals surface area contributed by atoms with Crippen molar-refractivity contribution in [3.05, 3.63) is 54.6 Å². The molecular weight excluding hydrogens is 328 g/mol. The highest BCUT2D eigenvalue weighted by atomic mass is 16.5. The first-order valence-electron chi connectivity index (χ1n) is 9.11. The molecule has 4 heterocycles. The van der Waals surface area contributed by atoms with E-state index in [0.29, 0.717) is 30.0 Å². The molecule has 4 rings (SSSR count). The van der Waals surface area contributed by atoms with Crippen molar-refractivity contribution in [1.29, 1.82) is 0 Å². The summed E-state index contributed by atoms with van der Waals surface area (Å²) in [4.78, 5) is 19.7. The van der Waals surface area contributed by atoms with Gasteiger partial charge < -0.3 is 4.52 Å². The number of aromatic nitrogens is 5. The second-order valence-electron chi connectivity index (χ2n) is 6.58. The fourth-order valence-electron chi connectivity index (χ4n) is 3.47. The van der Waals surface area contributed by atoms with Crippen molar-refractivity contribution >= 4 is 0 Å². The lowest BCUT2D eigenvalue weighted by atomic mass is 9.97. The van der Waals surface area contributed by atoms with Crippen LogP contribution < -0.4 is 0 Å². The summed E-state index contributed by atoms with van der Waals surface area (Å²) in [6.45, 7) is 1.75. The second-order valence-corrected chi connectivity index (χ2v) is 6.58. The van der Waals surface area contributed by atoms with Crippen LogP contribution in [-0.4, -0.2) is 42.6 Å². The second kappa shape index (κ2) is 8.14. The highest BCUT2D eigenvalue weighted by molar-refractivity contribution is 5.45. The minimum Gasteiger partial charge on any atom is -0.337 e. The first kappa shape index (κ1) is 16.8. The monoisotopic (exact) mass is 350 g/mol. The summed E-state index contributed by atoms with van der Waals surface area (Å²) in [6, 6.07) is 6.63. The summed E-state index contributed by atoms with van der Waals surface area (Å²) in [6.07, 6.45) is 12.6. The first-order valence-corrected chi connectivity index (χ1v) is 9.11. The van der Waals surface area contributed by atoms with Gasteiger partial charge in [-0.2, -0.15) is 4.98 Å². The fourth-order valence-corrected chi connectivity index (χ4v) is 3.47. The van der Waals surface area contributed by atoms with Gasteiger partial charge in [-0.1, -0.05) is 17.6 Å². The number of hydrogen-bond acceptors (Lipinski definition) is 7. The molecule has 0 bridgehead atoms. The number of likely N-dealkylation sites (tertiary alicyclic amines) is 1. The van der Waals surface area contributed by atoms with E-state index < -0.39 is 0 Å². The zero-order chi connectivity index (χ0) is 17.6. The Hall–Kier alpha value is -2.67. The summed E-state index contributed by atoms with van der Waals surface area (Å²) in [5.74, 6) is 1.13. The predicted octanol–water partition coefficient (Wildman–Crippen LogP) is 2.91. The van der Waals surface area contributed by atoms with E-state index in [4.69, 9.17) is 4.52 Å². The molecule has 1 aliphatic heterocycles. The zero-order valence-electron chi connectivity index (χ0n) is 14.7. The zero-order valence-corrected chi connectivity index (χ0v) is 14.7. The van der Waals surface area contributed by atoms with Gasteiger partial charge in [-0.15, -0.1) is 0 Å². The Morgan fingerprint density at radius 1 is 1.12 bits per heavy atom. The fraction of sp³-hybridized carbons (Fsp3) is 0.421. The lowest BCUT2D eigenvalue weighted by Crippen LogP contribution is -2.39. The van der Waals surface area contributed by atoms with Gasteiger partial charge in [0, 0.05) is 30.3 Å². The van der Waals surface area contributed by atoms with Crippen LogP contribution in [0.3, 0.4) is 0 Å². The molecule has 26 heavy (non-hydrogen) atoms. The van der Waals surface area contributed by atoms with E-state index in [1.54, 1.807) is 18.6 Å². The molecule has 1 saturated heterocycles. The lowest BCUT2D eigenvalue weighted by Gasteiger charge is -2.34. The van der Waals surface area contributed by atoms with Crippen LogP contribution in [0.15, 0.2) is 47.5 Å². The van der Waals surface area contributed by atoms with Gasteiger partial charge in [-0.25, -0.2) is 4.98 Å². The molecule has 1 fully saturated rings. The molecule has 0 saturated carbocycles. The van der Waals surface area contributed by atoms with Crippen molar-refractivity contribution in [3.63, 3.8) is 0 Å². The largest absolute Gasteiger partial charge is 0.337 e. The molecule has 0 aliphatic carbocycles. The van der Waals surface area contributed by atoms with Crippen LogP contribution >= 0.6 is 0 Å². The van der Waals surface area contributed by atoms with Gasteiger partial charge in [0.1, 0.15) is 5.69 Å². The molecule has 0 N–H and O–H groups in total. The Balaban J connectivity index is 1.40. The third-order valence-corrected chi connectivity index (χ3v) is 4.81. The van der Waals surface area contributed by atoms with E-state index in [1.807, 2.05) is 18.3 Å². The number of hydrogen-bond donors (Lipinski definition) is 0. The van der Waals surface area contributed by atoms with Crippen molar-refractivity contribution in [2.45, 2.75) is 44.7 Å². The molecule has 1 unspecified atom stereocenters. The average molecular weight is 350 g/mol. The molecule has 134 valence electrons. The van der Waals surface area contributed by atoms with Gasteiger partial charge in [0.15, 0.2) is 0 Å². The minimum atomic E-state index is 0.496. The highest BCUT2D eigenvalue weighted by Crippen LogP contribution is 2.23. The van der Waals surface area contributed by atoms with E-state index >= 15 is 0 Å². The summed E-state index contributed by atoms with van der Waals surface area (Å²) < 4.78 is 5.45. The summed E-state index contributed by atoms with van der Waals surface area (Å²) >= 11 is 0. The average Bonchev–Trinajstić information content (AvgIpc) is 3.17. The smallest absolute Gasteiger partial charge is 0.241 e. The van der Waals surface area contributed by atoms with Crippen LogP contribution in [0.1, 0.15) is 37.3 Å². The maximum atomic E-state index is 5.45. The van der Waals surface area contributed by atoms with Gasteiger partial charge in [-0.3, -0.25) is 14.9 Å². The van der Waals surface area contributed by atoms with Crippen molar-refractivity contribution in [1.82, 2.24) is 30.0 Å². The molecule has 0 spiro atoms. The number of nitrogens with zero attached hydrogens (tertiary/aromatic N) is 6. The standard InChI is InChI=1S/C19H22N6O/c1-3-9-21-15(5-1)7-8-16-6-2-4-12-25(16)14-18-23-19(24-26-18)17-13-20-10-11-22-17/h1,3,5,9-11,13,16H,2,4,6-8,12,14H2. The molecule has 0 radical (unpaired) electrons. The van der Waals surface area contributed by atoms with Crippen LogP contribution in [0.5, 0.6) is 0 Å². The Kier molecular flexibility index (Phi) is 5.25. The molecule has 0 amide bonds. The SMILES string of the molecule is c1ccc(CCC2CCCCN2Cc2nc(-c3cnccn3)no2)nc1. The molecule has 7 heteroatoms. The quantitative estimate of drug-likeness (QED) is 0.676. The van der Waals surface area contributed by atoms with E-state index in [-0.39, 0.29) is 0 Å². The van der Waals surface area contributed by atoms with Crippen molar-refractivity contribution < 1.29 is 4.52 Å². The highest BCUT2D eigenvalue weighted by Gasteiger charge is 2.24. The lowest BCUT2D eigenvalue weighted by molar-refractivity contribution is 0.117. The molecule has 0 aromatic carbocycles. The van der Waals surface area contributed by atoms with Gasteiger partial charge >= 0.3 is 0 Å². The van der Waals surface area contributed by atoms with E-state index in [2.05, 4.69) is 36.1 Å². The van der Waals surface area contributed by atoms with Gasteiger partial charge in [-0.05, 0) is 44.4 Å². The molecular formula is C19H22N6O. The van der Waals surface area contributed by atoms with Gasteiger partial charge in [0.05, 0.1) is 12.7 Å². The number of piperidine rings is 1. The molecule has 7 nitrogen and oxygen atoms in total. The summed E-state index contributed by atoms with van der Waals surface area (Å²) in [5, 5.41) is 4.05. The maximum Gasteiger partial charge on any atom is 0.241 e. The van der Waals surface area contributed by atoms with Gasteiger partial charge in [0.2, 0.25) is 11.7 Å². The summed E-state index contributed by atoms with van der Waals surface area (Å²) in [5.41, 5.74) is 1.79. The van der Waals surface area contributed by atoms with Crippen molar-refractivity contribution in [2.75, 3.05) is 6.54 Å². The predicted molar refractivity (Wildman–Crippen MR) is 95.9 cm³/mol. The Labute approximate surface area is 152 Å². The van der Waals surface area contributed by atoms with Crippen molar-refractivity contribution in [3.8, 4) is 11.5 Å². The third kappa shape index (κ3) is 4.11. The van der Waals surface area contributed by atoms with E-state index in [0.717, 1.165) is 25.1 Å². The van der Waals surface area contributed by atoms with Crippen LogP contribution in [0.25, 0.3) is 11.5 Å². The van der Waals surface area contributed by atoms with Crippen LogP contribution in [0.4, 0.5) is 0 Å². The third-order valence-electron chi connectivity index (χ3n) is 4.81. The van der Waals surface area contributed by atoms with Crippen LogP contribution in [0.2, 0.25) is 0 Å². The van der Waals surface area contributed by atoms with Crippen LogP contribution in [0, 0.1) is 0 Å². The Bertz CT molecular complexity index is 807. The molecule has 1 aliphatic rings. The Morgan fingerprint density at radius 2 is 2.12 bits per heavy atom. The molecule has 3 aromatic heterocycles. The van der Waals surface area contributed by atoms with Gasteiger partial charge in [0.25, 0.3) is 0 Å².